The van der Waals surface area contributed by atoms with E-state index in [1.807, 2.05) is 35.8 Å². The first kappa shape index (κ1) is 20.7. The van der Waals surface area contributed by atoms with Crippen LogP contribution in [0.4, 0.5) is 10.3 Å². The fourth-order valence-electron chi connectivity index (χ4n) is 3.74. The highest BCUT2D eigenvalue weighted by atomic mass is 32.2. The summed E-state index contributed by atoms with van der Waals surface area (Å²) >= 11 is 1.41. The Hall–Kier alpha value is -3.24. The maximum Gasteiger partial charge on any atom is 0.258 e. The molecule has 0 bridgehead atoms. The number of halogens is 1. The van der Waals surface area contributed by atoms with Gasteiger partial charge in [0, 0.05) is 30.6 Å². The number of anilines is 1. The van der Waals surface area contributed by atoms with Crippen molar-refractivity contribution in [1.82, 2.24) is 24.1 Å². The molecule has 5 rings (SSSR count). The van der Waals surface area contributed by atoms with Gasteiger partial charge in [0.1, 0.15) is 11.5 Å². The van der Waals surface area contributed by atoms with E-state index in [-0.39, 0.29) is 11.4 Å². The SMILES string of the molecule is Cc1cccc2nc(CSc3nnc(N4CCOCC4)n3-c3cccc(F)c3)cc(=O)n12. The summed E-state index contributed by atoms with van der Waals surface area (Å²) in [6.45, 7) is 4.44. The van der Waals surface area contributed by atoms with E-state index in [0.717, 1.165) is 5.69 Å². The second-order valence-corrected chi connectivity index (χ2v) is 8.37. The van der Waals surface area contributed by atoms with Crippen molar-refractivity contribution in [3.63, 3.8) is 0 Å². The first-order valence-electron chi connectivity index (χ1n) is 10.3. The molecule has 0 unspecified atom stereocenters. The minimum atomic E-state index is -0.334. The fourth-order valence-corrected chi connectivity index (χ4v) is 4.58. The number of ether oxygens (including phenoxy) is 1. The second kappa shape index (κ2) is 8.71. The van der Waals surface area contributed by atoms with Gasteiger partial charge in [-0.25, -0.2) is 9.37 Å². The lowest BCUT2D eigenvalue weighted by atomic mass is 10.3. The van der Waals surface area contributed by atoms with E-state index in [1.165, 1.54) is 23.9 Å². The largest absolute Gasteiger partial charge is 0.378 e. The van der Waals surface area contributed by atoms with Gasteiger partial charge < -0.3 is 9.64 Å². The number of aromatic nitrogens is 5. The Morgan fingerprint density at radius 1 is 1.09 bits per heavy atom. The van der Waals surface area contributed by atoms with Crippen LogP contribution in [-0.2, 0) is 10.5 Å². The number of aryl methyl sites for hydroxylation is 1. The van der Waals surface area contributed by atoms with Crippen molar-refractivity contribution in [3.8, 4) is 5.69 Å². The van der Waals surface area contributed by atoms with Crippen LogP contribution in [0.2, 0.25) is 0 Å². The van der Waals surface area contributed by atoms with Gasteiger partial charge in [-0.2, -0.15) is 0 Å². The lowest BCUT2D eigenvalue weighted by Gasteiger charge is -2.27. The quantitative estimate of drug-likeness (QED) is 0.431. The summed E-state index contributed by atoms with van der Waals surface area (Å²) in [6.07, 6.45) is 0. The zero-order valence-electron chi connectivity index (χ0n) is 17.4. The molecule has 0 saturated carbocycles. The van der Waals surface area contributed by atoms with Crippen LogP contribution in [0.25, 0.3) is 11.3 Å². The molecule has 0 aliphatic carbocycles. The van der Waals surface area contributed by atoms with E-state index < -0.39 is 0 Å². The molecule has 1 fully saturated rings. The second-order valence-electron chi connectivity index (χ2n) is 7.43. The number of hydrogen-bond donors (Lipinski definition) is 0. The van der Waals surface area contributed by atoms with E-state index in [0.29, 0.717) is 60.2 Å². The minimum absolute atomic E-state index is 0.121. The normalized spacial score (nSPS) is 14.2. The van der Waals surface area contributed by atoms with E-state index in [4.69, 9.17) is 4.74 Å². The molecule has 1 aliphatic rings. The maximum atomic E-state index is 14.0. The van der Waals surface area contributed by atoms with Gasteiger partial charge in [0.15, 0.2) is 5.16 Å². The van der Waals surface area contributed by atoms with Gasteiger partial charge in [-0.05, 0) is 37.3 Å². The van der Waals surface area contributed by atoms with Gasteiger partial charge in [-0.1, -0.05) is 23.9 Å². The molecule has 1 aliphatic heterocycles. The zero-order valence-corrected chi connectivity index (χ0v) is 18.3. The Labute approximate surface area is 187 Å². The van der Waals surface area contributed by atoms with E-state index in [1.54, 1.807) is 16.5 Å². The van der Waals surface area contributed by atoms with Crippen molar-refractivity contribution in [3.05, 3.63) is 76.1 Å². The summed E-state index contributed by atoms with van der Waals surface area (Å²) in [6, 6.07) is 13.5. The van der Waals surface area contributed by atoms with Crippen molar-refractivity contribution in [2.45, 2.75) is 17.8 Å². The first-order valence-corrected chi connectivity index (χ1v) is 11.2. The summed E-state index contributed by atoms with van der Waals surface area (Å²) in [4.78, 5) is 19.3. The zero-order chi connectivity index (χ0) is 22.1. The molecule has 3 aromatic heterocycles. The van der Waals surface area contributed by atoms with E-state index >= 15 is 0 Å². The van der Waals surface area contributed by atoms with Crippen LogP contribution in [0.1, 0.15) is 11.4 Å². The van der Waals surface area contributed by atoms with Crippen LogP contribution < -0.4 is 10.5 Å². The Morgan fingerprint density at radius 3 is 2.72 bits per heavy atom. The number of rotatable bonds is 5. The lowest BCUT2D eigenvalue weighted by molar-refractivity contribution is 0.122. The fraction of sp³-hybridized carbons (Fsp3) is 0.273. The van der Waals surface area contributed by atoms with Crippen molar-refractivity contribution >= 4 is 23.4 Å². The third-order valence-corrected chi connectivity index (χ3v) is 6.22. The van der Waals surface area contributed by atoms with Gasteiger partial charge in [0.2, 0.25) is 5.95 Å². The Bertz CT molecular complexity index is 1330. The molecular weight excluding hydrogens is 431 g/mol. The summed E-state index contributed by atoms with van der Waals surface area (Å²) in [5, 5.41) is 9.36. The smallest absolute Gasteiger partial charge is 0.258 e. The monoisotopic (exact) mass is 452 g/mol. The molecule has 0 N–H and O–H groups in total. The topological polar surface area (TPSA) is 77.5 Å². The third kappa shape index (κ3) is 3.98. The number of nitrogens with zero attached hydrogens (tertiary/aromatic N) is 6. The summed E-state index contributed by atoms with van der Waals surface area (Å²) in [5.74, 6) is 0.735. The molecule has 164 valence electrons. The van der Waals surface area contributed by atoms with Gasteiger partial charge in [-0.15, -0.1) is 10.2 Å². The average Bonchev–Trinajstić information content (AvgIpc) is 3.22. The van der Waals surface area contributed by atoms with Crippen LogP contribution in [0.15, 0.2) is 58.5 Å². The Balaban J connectivity index is 1.49. The molecule has 32 heavy (non-hydrogen) atoms. The molecule has 10 heteroatoms. The molecule has 1 saturated heterocycles. The highest BCUT2D eigenvalue weighted by Crippen LogP contribution is 2.29. The van der Waals surface area contributed by atoms with Gasteiger partial charge in [-0.3, -0.25) is 13.8 Å². The highest BCUT2D eigenvalue weighted by molar-refractivity contribution is 7.98. The maximum absolute atomic E-state index is 14.0. The van der Waals surface area contributed by atoms with Crippen molar-refractivity contribution < 1.29 is 9.13 Å². The molecule has 1 aromatic carbocycles. The minimum Gasteiger partial charge on any atom is -0.378 e. The summed E-state index contributed by atoms with van der Waals surface area (Å²) in [7, 11) is 0. The van der Waals surface area contributed by atoms with Crippen LogP contribution in [0, 0.1) is 12.7 Å². The van der Waals surface area contributed by atoms with E-state index in [2.05, 4.69) is 20.1 Å². The predicted octanol–water partition coefficient (Wildman–Crippen LogP) is 2.85. The number of thioether (sulfide) groups is 1. The summed E-state index contributed by atoms with van der Waals surface area (Å²) in [5.41, 5.74) is 2.60. The van der Waals surface area contributed by atoms with Crippen LogP contribution >= 0.6 is 11.8 Å². The molecule has 0 amide bonds. The average molecular weight is 453 g/mol. The lowest BCUT2D eigenvalue weighted by Crippen LogP contribution is -2.37. The van der Waals surface area contributed by atoms with Gasteiger partial charge in [0.25, 0.3) is 5.56 Å². The molecular formula is C22H21FN6O2S. The molecule has 0 radical (unpaired) electrons. The Morgan fingerprint density at radius 2 is 1.91 bits per heavy atom. The van der Waals surface area contributed by atoms with E-state index in [9.17, 15) is 9.18 Å². The predicted molar refractivity (Wildman–Crippen MR) is 120 cm³/mol. The van der Waals surface area contributed by atoms with Gasteiger partial charge in [0.05, 0.1) is 24.6 Å². The number of hydrogen-bond acceptors (Lipinski definition) is 7. The number of pyridine rings is 1. The van der Waals surface area contributed by atoms with Crippen molar-refractivity contribution in [1.29, 1.82) is 0 Å². The molecule has 4 heterocycles. The molecule has 0 spiro atoms. The van der Waals surface area contributed by atoms with Crippen LogP contribution in [0.5, 0.6) is 0 Å². The molecule has 4 aromatic rings. The summed E-state index contributed by atoms with van der Waals surface area (Å²) < 4.78 is 22.9. The third-order valence-electron chi connectivity index (χ3n) is 5.26. The Kier molecular flexibility index (Phi) is 5.62. The number of benzene rings is 1. The van der Waals surface area contributed by atoms with Gasteiger partial charge >= 0.3 is 0 Å². The van der Waals surface area contributed by atoms with Crippen molar-refractivity contribution in [2.75, 3.05) is 31.2 Å². The van der Waals surface area contributed by atoms with Crippen LogP contribution in [0.3, 0.4) is 0 Å². The first-order chi connectivity index (χ1) is 15.6. The molecule has 8 nitrogen and oxygen atoms in total. The highest BCUT2D eigenvalue weighted by Gasteiger charge is 2.22. The van der Waals surface area contributed by atoms with Crippen LogP contribution in [-0.4, -0.2) is 50.5 Å². The number of fused-ring (bicyclic) bond motifs is 1. The molecule has 0 atom stereocenters. The standard InChI is InChI=1S/C22H21FN6O2S/c1-15-4-2-7-19-24-17(13-20(30)28(15)19)14-32-22-26-25-21(27-8-10-31-11-9-27)29(22)18-6-3-5-16(23)12-18/h2-7,12-13H,8-11,14H2,1H3. The van der Waals surface area contributed by atoms with Crippen molar-refractivity contribution in [2.24, 2.45) is 0 Å². The number of morpholine rings is 1.